The first kappa shape index (κ1) is 11.6. The number of aromatic nitrogens is 2. The molecule has 0 bridgehead atoms. The van der Waals surface area contributed by atoms with E-state index in [0.29, 0.717) is 10.9 Å². The molecule has 0 aliphatic carbocycles. The molecular weight excluding hydrogens is 262 g/mol. The maximum Gasteiger partial charge on any atom is 0.339 e. The standard InChI is InChI=1S/C13H9N3O2S/c17-12(18)8-4-3-7-14-11(8)16-13-15-9-5-1-2-6-10(9)19-13/h1-7H,(H,17,18)(H,14,15,16). The van der Waals surface area contributed by atoms with Crippen molar-refractivity contribution in [1.82, 2.24) is 9.97 Å². The van der Waals surface area contributed by atoms with E-state index < -0.39 is 5.97 Å². The topological polar surface area (TPSA) is 75.1 Å². The summed E-state index contributed by atoms with van der Waals surface area (Å²) in [4.78, 5) is 19.5. The van der Waals surface area contributed by atoms with Crippen LogP contribution in [0.4, 0.5) is 10.9 Å². The lowest BCUT2D eigenvalue weighted by atomic mass is 10.2. The number of para-hydroxylation sites is 1. The predicted molar refractivity (Wildman–Crippen MR) is 74.1 cm³/mol. The molecule has 0 spiro atoms. The molecule has 0 unspecified atom stereocenters. The van der Waals surface area contributed by atoms with Crippen molar-refractivity contribution in [2.75, 3.05) is 5.32 Å². The van der Waals surface area contributed by atoms with Crippen LogP contribution in [-0.2, 0) is 0 Å². The quantitative estimate of drug-likeness (QED) is 0.765. The molecule has 3 rings (SSSR count). The molecule has 0 amide bonds. The average Bonchev–Trinajstić information content (AvgIpc) is 2.81. The molecule has 0 fully saturated rings. The summed E-state index contributed by atoms with van der Waals surface area (Å²) in [5.74, 6) is -0.717. The highest BCUT2D eigenvalue weighted by Gasteiger charge is 2.12. The molecule has 6 heteroatoms. The number of hydrogen-bond donors (Lipinski definition) is 2. The highest BCUT2D eigenvalue weighted by molar-refractivity contribution is 7.22. The van der Waals surface area contributed by atoms with Crippen LogP contribution >= 0.6 is 11.3 Å². The number of aromatic carboxylic acids is 1. The Labute approximate surface area is 112 Å². The van der Waals surface area contributed by atoms with Gasteiger partial charge in [0.25, 0.3) is 0 Å². The molecule has 0 radical (unpaired) electrons. The first-order valence-electron chi connectivity index (χ1n) is 5.55. The number of nitrogens with one attached hydrogen (secondary N) is 1. The van der Waals surface area contributed by atoms with Crippen molar-refractivity contribution in [2.45, 2.75) is 0 Å². The van der Waals surface area contributed by atoms with Crippen LogP contribution in [0.2, 0.25) is 0 Å². The third-order valence-electron chi connectivity index (χ3n) is 2.56. The van der Waals surface area contributed by atoms with Crippen LogP contribution in [0.25, 0.3) is 10.2 Å². The zero-order chi connectivity index (χ0) is 13.2. The van der Waals surface area contributed by atoms with Crippen molar-refractivity contribution in [2.24, 2.45) is 0 Å². The largest absolute Gasteiger partial charge is 0.478 e. The number of carbonyl (C=O) groups is 1. The summed E-state index contributed by atoms with van der Waals surface area (Å²) in [5.41, 5.74) is 1.00. The molecule has 94 valence electrons. The number of fused-ring (bicyclic) bond motifs is 1. The number of rotatable bonds is 3. The van der Waals surface area contributed by atoms with E-state index in [1.807, 2.05) is 24.3 Å². The van der Waals surface area contributed by atoms with Gasteiger partial charge < -0.3 is 10.4 Å². The van der Waals surface area contributed by atoms with Crippen molar-refractivity contribution in [3.05, 3.63) is 48.2 Å². The molecular formula is C13H9N3O2S. The molecule has 2 aromatic heterocycles. The van der Waals surface area contributed by atoms with Crippen LogP contribution in [0.1, 0.15) is 10.4 Å². The fourth-order valence-electron chi connectivity index (χ4n) is 1.70. The minimum atomic E-state index is -1.02. The Bertz CT molecular complexity index is 721. The molecule has 0 atom stereocenters. The fourth-order valence-corrected chi connectivity index (χ4v) is 2.57. The van der Waals surface area contributed by atoms with Gasteiger partial charge >= 0.3 is 5.97 Å². The van der Waals surface area contributed by atoms with Gasteiger partial charge in [-0.2, -0.15) is 0 Å². The van der Waals surface area contributed by atoms with Gasteiger partial charge in [-0.15, -0.1) is 0 Å². The Morgan fingerprint density at radius 2 is 2.05 bits per heavy atom. The zero-order valence-electron chi connectivity index (χ0n) is 9.70. The van der Waals surface area contributed by atoms with E-state index in [0.717, 1.165) is 10.2 Å². The monoisotopic (exact) mass is 271 g/mol. The number of carboxylic acid groups (broad SMARTS) is 1. The van der Waals surface area contributed by atoms with Gasteiger partial charge in [-0.1, -0.05) is 23.5 Å². The number of thiazole rings is 1. The highest BCUT2D eigenvalue weighted by atomic mass is 32.1. The first-order chi connectivity index (χ1) is 9.24. The number of pyridine rings is 1. The van der Waals surface area contributed by atoms with Crippen LogP contribution in [0.15, 0.2) is 42.6 Å². The van der Waals surface area contributed by atoms with E-state index >= 15 is 0 Å². The molecule has 3 aromatic rings. The lowest BCUT2D eigenvalue weighted by Crippen LogP contribution is -2.04. The molecule has 0 aliphatic heterocycles. The molecule has 0 saturated carbocycles. The van der Waals surface area contributed by atoms with Crippen LogP contribution in [0.3, 0.4) is 0 Å². The minimum Gasteiger partial charge on any atom is -0.478 e. The molecule has 2 heterocycles. The average molecular weight is 271 g/mol. The van der Waals surface area contributed by atoms with E-state index in [-0.39, 0.29) is 5.56 Å². The Kier molecular flexibility index (Phi) is 2.85. The molecule has 0 aliphatic rings. The van der Waals surface area contributed by atoms with E-state index in [4.69, 9.17) is 5.11 Å². The maximum absolute atomic E-state index is 11.1. The SMILES string of the molecule is O=C(O)c1cccnc1Nc1nc2ccccc2s1. The smallest absolute Gasteiger partial charge is 0.339 e. The summed E-state index contributed by atoms with van der Waals surface area (Å²) in [7, 11) is 0. The van der Waals surface area contributed by atoms with Crippen LogP contribution < -0.4 is 5.32 Å². The molecule has 5 nitrogen and oxygen atoms in total. The number of carboxylic acids is 1. The minimum absolute atomic E-state index is 0.127. The Morgan fingerprint density at radius 3 is 2.84 bits per heavy atom. The second-order valence-electron chi connectivity index (χ2n) is 3.82. The molecule has 19 heavy (non-hydrogen) atoms. The van der Waals surface area contributed by atoms with E-state index in [9.17, 15) is 4.79 Å². The summed E-state index contributed by atoms with van der Waals surface area (Å²) in [6, 6.07) is 10.8. The Morgan fingerprint density at radius 1 is 1.21 bits per heavy atom. The highest BCUT2D eigenvalue weighted by Crippen LogP contribution is 2.28. The van der Waals surface area contributed by atoms with Crippen molar-refractivity contribution < 1.29 is 9.90 Å². The van der Waals surface area contributed by atoms with Gasteiger partial charge in [-0.05, 0) is 24.3 Å². The number of anilines is 2. The van der Waals surface area contributed by atoms with Crippen LogP contribution in [-0.4, -0.2) is 21.0 Å². The van der Waals surface area contributed by atoms with Crippen LogP contribution in [0.5, 0.6) is 0 Å². The summed E-state index contributed by atoms with van der Waals surface area (Å²) in [6.45, 7) is 0. The first-order valence-corrected chi connectivity index (χ1v) is 6.36. The van der Waals surface area contributed by atoms with Gasteiger partial charge in [0, 0.05) is 6.20 Å². The fraction of sp³-hybridized carbons (Fsp3) is 0. The Balaban J connectivity index is 1.99. The van der Waals surface area contributed by atoms with Crippen molar-refractivity contribution in [3.63, 3.8) is 0 Å². The Hall–Kier alpha value is -2.47. The predicted octanol–water partition coefficient (Wildman–Crippen LogP) is 3.13. The van der Waals surface area contributed by atoms with Gasteiger partial charge in [-0.3, -0.25) is 0 Å². The third kappa shape index (κ3) is 2.25. The van der Waals surface area contributed by atoms with Gasteiger partial charge in [0.15, 0.2) is 5.13 Å². The van der Waals surface area contributed by atoms with Gasteiger partial charge in [0.1, 0.15) is 11.4 Å². The summed E-state index contributed by atoms with van der Waals surface area (Å²) in [5, 5.41) is 12.7. The third-order valence-corrected chi connectivity index (χ3v) is 3.51. The normalized spacial score (nSPS) is 10.5. The van der Waals surface area contributed by atoms with Gasteiger partial charge in [-0.25, -0.2) is 14.8 Å². The zero-order valence-corrected chi connectivity index (χ0v) is 10.5. The number of benzene rings is 1. The lowest BCUT2D eigenvalue weighted by Gasteiger charge is -2.04. The second-order valence-corrected chi connectivity index (χ2v) is 4.85. The van der Waals surface area contributed by atoms with E-state index in [1.54, 1.807) is 12.3 Å². The van der Waals surface area contributed by atoms with Gasteiger partial charge in [0.05, 0.1) is 10.2 Å². The number of hydrogen-bond acceptors (Lipinski definition) is 5. The van der Waals surface area contributed by atoms with Crippen molar-refractivity contribution in [3.8, 4) is 0 Å². The van der Waals surface area contributed by atoms with E-state index in [1.165, 1.54) is 17.4 Å². The second kappa shape index (κ2) is 4.66. The molecule has 1 aromatic carbocycles. The maximum atomic E-state index is 11.1. The summed E-state index contributed by atoms with van der Waals surface area (Å²) in [6.07, 6.45) is 1.54. The van der Waals surface area contributed by atoms with Crippen molar-refractivity contribution in [1.29, 1.82) is 0 Å². The van der Waals surface area contributed by atoms with E-state index in [2.05, 4.69) is 15.3 Å². The molecule has 2 N–H and O–H groups in total. The molecule has 0 saturated heterocycles. The summed E-state index contributed by atoms with van der Waals surface area (Å²) < 4.78 is 1.04. The lowest BCUT2D eigenvalue weighted by molar-refractivity contribution is 0.0697. The summed E-state index contributed by atoms with van der Waals surface area (Å²) >= 11 is 1.46. The van der Waals surface area contributed by atoms with Crippen LogP contribution in [0, 0.1) is 0 Å². The number of nitrogens with zero attached hydrogens (tertiary/aromatic N) is 2. The van der Waals surface area contributed by atoms with Gasteiger partial charge in [0.2, 0.25) is 0 Å². The van der Waals surface area contributed by atoms with Crippen molar-refractivity contribution >= 4 is 38.5 Å².